The van der Waals surface area contributed by atoms with Crippen LogP contribution >= 0.6 is 0 Å². The zero-order chi connectivity index (χ0) is 30.7. The van der Waals surface area contributed by atoms with E-state index in [1.165, 1.54) is 30.3 Å². The maximum absolute atomic E-state index is 13.5. The largest absolute Gasteiger partial charge is 0.295 e. The lowest BCUT2D eigenvalue weighted by Gasteiger charge is -2.17. The molecule has 5 rings (SSSR count). The third-order valence-electron chi connectivity index (χ3n) is 7.11. The summed E-state index contributed by atoms with van der Waals surface area (Å²) in [4.78, 5) is 26.3. The van der Waals surface area contributed by atoms with Gasteiger partial charge >= 0.3 is 0 Å². The van der Waals surface area contributed by atoms with Crippen LogP contribution in [0.25, 0.3) is 27.8 Å². The lowest BCUT2D eigenvalue weighted by molar-refractivity contribution is 0.0926. The average molecular weight is 604 g/mol. The molecule has 42 heavy (non-hydrogen) atoms. The molecule has 0 fully saturated rings. The molecule has 2 N–H and O–H groups in total. The summed E-state index contributed by atoms with van der Waals surface area (Å²) < 4.78 is 68.8. The first kappa shape index (κ1) is 29.1. The van der Waals surface area contributed by atoms with E-state index in [0.29, 0.717) is 11.1 Å². The van der Waals surface area contributed by atoms with Gasteiger partial charge < -0.3 is 0 Å². The number of nitrogens with zero attached hydrogens (tertiary/aromatic N) is 1. The van der Waals surface area contributed by atoms with Gasteiger partial charge in [0.25, 0.3) is 32.1 Å². The molecule has 0 atom stereocenters. The first-order valence-electron chi connectivity index (χ1n) is 12.6. The highest BCUT2D eigenvalue weighted by Gasteiger charge is 2.38. The first-order chi connectivity index (χ1) is 19.6. The molecule has 1 heterocycles. The summed E-state index contributed by atoms with van der Waals surface area (Å²) >= 11 is 0. The van der Waals surface area contributed by atoms with Crippen molar-refractivity contribution in [2.75, 3.05) is 4.90 Å². The number of allylic oxidation sites excluding steroid dienone is 1. The predicted octanol–water partition coefficient (Wildman–Crippen LogP) is 5.96. The van der Waals surface area contributed by atoms with Gasteiger partial charge in [0.1, 0.15) is 9.79 Å². The van der Waals surface area contributed by atoms with Gasteiger partial charge in [0.15, 0.2) is 0 Å². The van der Waals surface area contributed by atoms with Gasteiger partial charge in [-0.1, -0.05) is 54.6 Å². The number of carbonyl (C=O) groups is 2. The Bertz CT molecular complexity index is 2080. The van der Waals surface area contributed by atoms with Crippen molar-refractivity contribution in [3.05, 3.63) is 107 Å². The molecule has 11 heteroatoms. The Labute approximate surface area is 243 Å². The van der Waals surface area contributed by atoms with E-state index in [4.69, 9.17) is 0 Å². The third kappa shape index (κ3) is 5.07. The molecular formula is C31H25NO8S2. The Kier molecular flexibility index (Phi) is 7.02. The van der Waals surface area contributed by atoms with E-state index in [1.54, 1.807) is 19.1 Å². The summed E-state index contributed by atoms with van der Waals surface area (Å²) in [6, 6.07) is 17.9. The molecule has 0 aromatic heterocycles. The Balaban J connectivity index is 1.60. The summed E-state index contributed by atoms with van der Waals surface area (Å²) in [5.41, 5.74) is 4.54. The average Bonchev–Trinajstić information content (AvgIpc) is 3.16. The van der Waals surface area contributed by atoms with Crippen molar-refractivity contribution in [2.45, 2.75) is 30.6 Å². The highest BCUT2D eigenvalue weighted by atomic mass is 32.2. The number of benzene rings is 4. The molecule has 0 radical (unpaired) electrons. The van der Waals surface area contributed by atoms with Crippen molar-refractivity contribution in [3.8, 4) is 22.3 Å². The van der Waals surface area contributed by atoms with Crippen LogP contribution in [0.3, 0.4) is 0 Å². The van der Waals surface area contributed by atoms with Gasteiger partial charge in [0, 0.05) is 11.1 Å². The molecule has 0 aliphatic carbocycles. The minimum atomic E-state index is -5.00. The van der Waals surface area contributed by atoms with E-state index in [9.17, 15) is 35.5 Å². The van der Waals surface area contributed by atoms with E-state index in [2.05, 4.69) is 6.58 Å². The van der Waals surface area contributed by atoms with Gasteiger partial charge in [-0.3, -0.25) is 18.7 Å². The number of fused-ring (bicyclic) bond motifs is 1. The summed E-state index contributed by atoms with van der Waals surface area (Å²) in [5, 5.41) is 0. The van der Waals surface area contributed by atoms with E-state index in [0.717, 1.165) is 39.3 Å². The zero-order valence-electron chi connectivity index (χ0n) is 22.7. The minimum absolute atomic E-state index is 0.115. The number of rotatable bonds is 6. The second kappa shape index (κ2) is 10.1. The normalized spacial score (nSPS) is 13.4. The molecular weight excluding hydrogens is 578 g/mol. The molecule has 1 aliphatic heterocycles. The third-order valence-corrected chi connectivity index (χ3v) is 8.90. The Morgan fingerprint density at radius 2 is 1.19 bits per heavy atom. The van der Waals surface area contributed by atoms with Gasteiger partial charge in [-0.05, 0) is 78.9 Å². The van der Waals surface area contributed by atoms with Crippen molar-refractivity contribution in [3.63, 3.8) is 0 Å². The van der Waals surface area contributed by atoms with Crippen molar-refractivity contribution in [1.82, 2.24) is 0 Å². The highest BCUT2D eigenvalue weighted by Crippen LogP contribution is 2.38. The molecule has 0 saturated carbocycles. The highest BCUT2D eigenvalue weighted by molar-refractivity contribution is 7.86. The molecule has 0 spiro atoms. The molecule has 0 saturated heterocycles. The molecule has 214 valence electrons. The quantitative estimate of drug-likeness (QED) is 0.203. The molecule has 1 aliphatic rings. The van der Waals surface area contributed by atoms with Gasteiger partial charge in [0.05, 0.1) is 16.8 Å². The standard InChI is InChI=1S/C31H25NO8S2/c1-17(2)23-10-6-20(14-19(23)4)21-7-11-26-27(15-21)31(34)32(30(26)33)22-8-12-25(29(16-22)42(38,39)40)24-9-5-18(3)13-28(24)41(35,36)37/h5-16H,1H2,2-4H3,(H,35,36,37)(H,38,39,40). The fourth-order valence-electron chi connectivity index (χ4n) is 5.13. The van der Waals surface area contributed by atoms with E-state index < -0.39 is 41.8 Å². The maximum atomic E-state index is 13.5. The lowest BCUT2D eigenvalue weighted by Crippen LogP contribution is -2.29. The van der Waals surface area contributed by atoms with Gasteiger partial charge in [-0.15, -0.1) is 0 Å². The van der Waals surface area contributed by atoms with Crippen LogP contribution in [0.1, 0.15) is 44.3 Å². The fraction of sp³-hybridized carbons (Fsp3) is 0.0968. The fourth-order valence-corrected chi connectivity index (χ4v) is 6.64. The molecule has 2 amide bonds. The van der Waals surface area contributed by atoms with Gasteiger partial charge in [0.2, 0.25) is 0 Å². The van der Waals surface area contributed by atoms with Crippen molar-refractivity contribution in [2.24, 2.45) is 0 Å². The molecule has 0 bridgehead atoms. The Morgan fingerprint density at radius 3 is 1.79 bits per heavy atom. The molecule has 4 aromatic carbocycles. The number of anilines is 1. The van der Waals surface area contributed by atoms with Crippen molar-refractivity contribution < 1.29 is 35.5 Å². The maximum Gasteiger partial charge on any atom is 0.295 e. The summed E-state index contributed by atoms with van der Waals surface area (Å²) in [6.45, 7) is 9.41. The Hall–Kier alpha value is -4.42. The molecule has 0 unspecified atom stereocenters. The zero-order valence-corrected chi connectivity index (χ0v) is 24.4. The van der Waals surface area contributed by atoms with Crippen LogP contribution < -0.4 is 4.90 Å². The molecule has 9 nitrogen and oxygen atoms in total. The van der Waals surface area contributed by atoms with Crippen molar-refractivity contribution in [1.29, 1.82) is 0 Å². The van der Waals surface area contributed by atoms with Crippen LogP contribution in [-0.4, -0.2) is 37.8 Å². The lowest BCUT2D eigenvalue weighted by atomic mass is 9.95. The Morgan fingerprint density at radius 1 is 0.667 bits per heavy atom. The van der Waals surface area contributed by atoms with E-state index >= 15 is 0 Å². The van der Waals surface area contributed by atoms with Crippen LogP contribution in [0.4, 0.5) is 5.69 Å². The minimum Gasteiger partial charge on any atom is -0.282 e. The van der Waals surface area contributed by atoms with Crippen LogP contribution in [0, 0.1) is 13.8 Å². The van der Waals surface area contributed by atoms with Crippen LogP contribution in [0.5, 0.6) is 0 Å². The van der Waals surface area contributed by atoms with E-state index in [1.807, 2.05) is 32.0 Å². The van der Waals surface area contributed by atoms with Crippen LogP contribution in [0.2, 0.25) is 0 Å². The number of hydrogen-bond acceptors (Lipinski definition) is 6. The number of imide groups is 1. The van der Waals surface area contributed by atoms with Gasteiger partial charge in [-0.2, -0.15) is 16.8 Å². The van der Waals surface area contributed by atoms with Crippen LogP contribution in [-0.2, 0) is 20.2 Å². The second-order valence-corrected chi connectivity index (χ2v) is 12.9. The number of amides is 2. The number of hydrogen-bond donors (Lipinski definition) is 2. The first-order valence-corrected chi connectivity index (χ1v) is 15.5. The molecule has 4 aromatic rings. The monoisotopic (exact) mass is 603 g/mol. The van der Waals surface area contributed by atoms with E-state index in [-0.39, 0.29) is 27.9 Å². The SMILES string of the molecule is C=C(C)c1ccc(-c2ccc3c(c2)C(=O)N(c2ccc(-c4ccc(C)cc4S(=O)(=O)O)c(S(=O)(=O)O)c2)C3=O)cc1C. The number of carbonyl (C=O) groups excluding carboxylic acids is 2. The summed E-state index contributed by atoms with van der Waals surface area (Å²) in [5.74, 6) is -1.39. The second-order valence-electron chi connectivity index (χ2n) is 10.1. The number of aryl methyl sites for hydroxylation is 2. The van der Waals surface area contributed by atoms with Crippen LogP contribution in [0.15, 0.2) is 89.2 Å². The van der Waals surface area contributed by atoms with Crippen molar-refractivity contribution >= 4 is 43.3 Å². The van der Waals surface area contributed by atoms with Gasteiger partial charge in [-0.25, -0.2) is 4.90 Å². The predicted molar refractivity (Wildman–Crippen MR) is 159 cm³/mol. The summed E-state index contributed by atoms with van der Waals surface area (Å²) in [6.07, 6.45) is 0. The smallest absolute Gasteiger partial charge is 0.282 e. The summed E-state index contributed by atoms with van der Waals surface area (Å²) in [7, 11) is -9.78. The topological polar surface area (TPSA) is 146 Å².